The number of sulfonamides is 1. The highest BCUT2D eigenvalue weighted by molar-refractivity contribution is 7.89. The molecule has 0 unspecified atom stereocenters. The van der Waals surface area contributed by atoms with Crippen LogP contribution in [0.4, 0.5) is 5.69 Å². The summed E-state index contributed by atoms with van der Waals surface area (Å²) in [5.41, 5.74) is 4.89. The standard InChI is InChI=1S/C16H15ClN4O7S/c1-27-14-5-2-10(6-15(14)28-9-16(18)22)8-19-20-29(25,26)11-3-4-12(17)13(7-11)21(23)24/h2-8,20H,9H2,1H3,(H2,18,22)/b19-8-. The fourth-order valence-corrected chi connectivity index (χ4v) is 3.06. The number of rotatable bonds is 9. The molecule has 0 atom stereocenters. The molecule has 0 heterocycles. The number of ether oxygens (including phenoxy) is 2. The number of nitrogens with one attached hydrogen (secondary N) is 1. The van der Waals surface area contributed by atoms with Gasteiger partial charge in [0.05, 0.1) is 23.1 Å². The number of nitrogens with zero attached hydrogens (tertiary/aromatic N) is 2. The Kier molecular flexibility index (Phi) is 6.96. The third-order valence-corrected chi connectivity index (χ3v) is 4.91. The van der Waals surface area contributed by atoms with E-state index in [9.17, 15) is 23.3 Å². The summed E-state index contributed by atoms with van der Waals surface area (Å²) in [4.78, 5) is 22.5. The summed E-state index contributed by atoms with van der Waals surface area (Å²) in [5.74, 6) is -0.153. The van der Waals surface area contributed by atoms with Gasteiger partial charge in [-0.25, -0.2) is 4.83 Å². The van der Waals surface area contributed by atoms with Gasteiger partial charge in [0, 0.05) is 6.07 Å². The maximum absolute atomic E-state index is 12.3. The fraction of sp³-hybridized carbons (Fsp3) is 0.125. The molecular formula is C16H15ClN4O7S. The highest BCUT2D eigenvalue weighted by Crippen LogP contribution is 2.28. The Labute approximate surface area is 170 Å². The van der Waals surface area contributed by atoms with Crippen molar-refractivity contribution in [3.8, 4) is 11.5 Å². The maximum Gasteiger partial charge on any atom is 0.289 e. The Bertz CT molecular complexity index is 1070. The molecule has 0 aromatic heterocycles. The minimum absolute atomic E-state index is 0.195. The molecule has 0 bridgehead atoms. The number of nitrogens with two attached hydrogens (primary N) is 1. The minimum Gasteiger partial charge on any atom is -0.493 e. The third kappa shape index (κ3) is 5.80. The van der Waals surface area contributed by atoms with Crippen LogP contribution >= 0.6 is 11.6 Å². The number of methoxy groups -OCH3 is 1. The van der Waals surface area contributed by atoms with E-state index in [2.05, 4.69) is 5.10 Å². The van der Waals surface area contributed by atoms with Crippen molar-refractivity contribution in [1.82, 2.24) is 4.83 Å². The monoisotopic (exact) mass is 442 g/mol. The number of hydrazone groups is 1. The fourth-order valence-electron chi connectivity index (χ4n) is 2.06. The van der Waals surface area contributed by atoms with Gasteiger partial charge in [-0.15, -0.1) is 0 Å². The lowest BCUT2D eigenvalue weighted by atomic mass is 10.2. The van der Waals surface area contributed by atoms with E-state index in [1.807, 2.05) is 4.83 Å². The zero-order valence-electron chi connectivity index (χ0n) is 14.9. The van der Waals surface area contributed by atoms with Gasteiger partial charge in [-0.1, -0.05) is 11.6 Å². The van der Waals surface area contributed by atoms with Crippen molar-refractivity contribution < 1.29 is 27.6 Å². The van der Waals surface area contributed by atoms with Crippen molar-refractivity contribution in [2.24, 2.45) is 10.8 Å². The Morgan fingerprint density at radius 2 is 2.03 bits per heavy atom. The lowest BCUT2D eigenvalue weighted by Crippen LogP contribution is -2.20. The smallest absolute Gasteiger partial charge is 0.289 e. The molecular weight excluding hydrogens is 428 g/mol. The summed E-state index contributed by atoms with van der Waals surface area (Å²) < 4.78 is 34.8. The molecule has 0 saturated carbocycles. The van der Waals surface area contributed by atoms with Gasteiger partial charge in [-0.3, -0.25) is 14.9 Å². The predicted octanol–water partition coefficient (Wildman–Crippen LogP) is 1.43. The van der Waals surface area contributed by atoms with Crippen LogP contribution in [0.25, 0.3) is 0 Å². The summed E-state index contributed by atoms with van der Waals surface area (Å²) in [7, 11) is -2.77. The van der Waals surface area contributed by atoms with Crippen LogP contribution in [0, 0.1) is 10.1 Å². The summed E-state index contributed by atoms with van der Waals surface area (Å²) in [6, 6.07) is 7.56. The number of carbonyl (C=O) groups excluding carboxylic acids is 1. The van der Waals surface area contributed by atoms with Crippen molar-refractivity contribution in [2.45, 2.75) is 4.90 Å². The molecule has 0 aliphatic heterocycles. The van der Waals surface area contributed by atoms with E-state index < -0.39 is 26.5 Å². The van der Waals surface area contributed by atoms with Crippen molar-refractivity contribution in [3.05, 3.63) is 57.1 Å². The number of halogens is 1. The topological polar surface area (TPSA) is 163 Å². The first-order valence-electron chi connectivity index (χ1n) is 7.72. The van der Waals surface area contributed by atoms with Crippen LogP contribution in [0.2, 0.25) is 5.02 Å². The van der Waals surface area contributed by atoms with Gasteiger partial charge in [-0.05, 0) is 35.9 Å². The first-order valence-corrected chi connectivity index (χ1v) is 9.58. The second kappa shape index (κ2) is 9.21. The second-order valence-electron chi connectivity index (χ2n) is 5.39. The normalized spacial score (nSPS) is 11.2. The first-order chi connectivity index (χ1) is 13.6. The van der Waals surface area contributed by atoms with Crippen LogP contribution in [-0.4, -0.2) is 39.2 Å². The number of primary amides is 1. The molecule has 11 nitrogen and oxygen atoms in total. The molecule has 0 aliphatic rings. The van der Waals surface area contributed by atoms with Gasteiger partial charge in [0.2, 0.25) is 0 Å². The number of nitro benzene ring substituents is 1. The summed E-state index contributed by atoms with van der Waals surface area (Å²) >= 11 is 5.67. The van der Waals surface area contributed by atoms with Gasteiger partial charge >= 0.3 is 0 Å². The molecule has 2 aromatic rings. The van der Waals surface area contributed by atoms with Gasteiger partial charge < -0.3 is 15.2 Å². The predicted molar refractivity (Wildman–Crippen MR) is 104 cm³/mol. The second-order valence-corrected chi connectivity index (χ2v) is 7.46. The van der Waals surface area contributed by atoms with Crippen LogP contribution in [-0.2, 0) is 14.8 Å². The highest BCUT2D eigenvalue weighted by Gasteiger charge is 2.20. The summed E-state index contributed by atoms with van der Waals surface area (Å²) in [5, 5.41) is 14.3. The number of hydrogen-bond acceptors (Lipinski definition) is 8. The quantitative estimate of drug-likeness (QED) is 0.337. The van der Waals surface area contributed by atoms with Crippen LogP contribution in [0.5, 0.6) is 11.5 Å². The number of amides is 1. The van der Waals surface area contributed by atoms with Crippen molar-refractivity contribution in [2.75, 3.05) is 13.7 Å². The zero-order chi connectivity index (χ0) is 21.6. The van der Waals surface area contributed by atoms with E-state index in [1.54, 1.807) is 6.07 Å². The molecule has 2 rings (SSSR count). The van der Waals surface area contributed by atoms with Crippen molar-refractivity contribution in [1.29, 1.82) is 0 Å². The molecule has 0 spiro atoms. The van der Waals surface area contributed by atoms with Gasteiger partial charge in [0.15, 0.2) is 18.1 Å². The number of carbonyl (C=O) groups is 1. The van der Waals surface area contributed by atoms with E-state index in [1.165, 1.54) is 25.5 Å². The number of nitro groups is 1. The Hall–Kier alpha value is -3.38. The summed E-state index contributed by atoms with van der Waals surface area (Å²) in [6.45, 7) is -0.376. The van der Waals surface area contributed by atoms with E-state index in [-0.39, 0.29) is 22.3 Å². The number of benzene rings is 2. The minimum atomic E-state index is -4.18. The molecule has 0 radical (unpaired) electrons. The SMILES string of the molecule is COc1ccc(/C=N\NS(=O)(=O)c2ccc(Cl)c([N+](=O)[O-])c2)cc1OCC(N)=O. The molecule has 3 N–H and O–H groups in total. The summed E-state index contributed by atoms with van der Waals surface area (Å²) in [6.07, 6.45) is 1.17. The van der Waals surface area contributed by atoms with E-state index in [0.29, 0.717) is 11.3 Å². The van der Waals surface area contributed by atoms with Crippen LogP contribution in [0.15, 0.2) is 46.4 Å². The van der Waals surface area contributed by atoms with Crippen molar-refractivity contribution >= 4 is 39.4 Å². The molecule has 13 heteroatoms. The average Bonchev–Trinajstić information content (AvgIpc) is 2.66. The van der Waals surface area contributed by atoms with Gasteiger partial charge in [-0.2, -0.15) is 13.5 Å². The van der Waals surface area contributed by atoms with E-state index >= 15 is 0 Å². The van der Waals surface area contributed by atoms with Crippen LogP contribution in [0.1, 0.15) is 5.56 Å². The average molecular weight is 443 g/mol. The molecule has 0 fully saturated rings. The molecule has 1 amide bonds. The Morgan fingerprint density at radius 3 is 2.66 bits per heavy atom. The lowest BCUT2D eigenvalue weighted by molar-refractivity contribution is -0.384. The zero-order valence-corrected chi connectivity index (χ0v) is 16.4. The maximum atomic E-state index is 12.3. The Balaban J connectivity index is 2.20. The lowest BCUT2D eigenvalue weighted by Gasteiger charge is -2.10. The molecule has 2 aromatic carbocycles. The van der Waals surface area contributed by atoms with Crippen LogP contribution < -0.4 is 20.0 Å². The largest absolute Gasteiger partial charge is 0.493 e. The van der Waals surface area contributed by atoms with Crippen molar-refractivity contribution in [3.63, 3.8) is 0 Å². The highest BCUT2D eigenvalue weighted by atomic mass is 35.5. The molecule has 29 heavy (non-hydrogen) atoms. The molecule has 0 saturated heterocycles. The van der Waals surface area contributed by atoms with Gasteiger partial charge in [0.1, 0.15) is 5.02 Å². The molecule has 154 valence electrons. The Morgan fingerprint density at radius 1 is 1.31 bits per heavy atom. The first kappa shape index (κ1) is 21.9. The molecule has 0 aliphatic carbocycles. The number of hydrogen-bond donors (Lipinski definition) is 2. The third-order valence-electron chi connectivity index (χ3n) is 3.37. The van der Waals surface area contributed by atoms with Crippen LogP contribution in [0.3, 0.4) is 0 Å². The van der Waals surface area contributed by atoms with E-state index in [4.69, 9.17) is 26.8 Å². The van der Waals surface area contributed by atoms with Gasteiger partial charge in [0.25, 0.3) is 21.6 Å². The van der Waals surface area contributed by atoms with E-state index in [0.717, 1.165) is 18.2 Å².